The smallest absolute Gasteiger partial charge is 0.0169 e. The lowest BCUT2D eigenvalue weighted by Crippen LogP contribution is -2.59. The summed E-state index contributed by atoms with van der Waals surface area (Å²) in [5, 5.41) is 0. The fourth-order valence-electron chi connectivity index (χ4n) is 5.16. The van der Waals surface area contributed by atoms with E-state index in [2.05, 4.69) is 36.2 Å². The number of hydrogen-bond donors (Lipinski definition) is 0. The molecule has 1 aromatic carbocycles. The van der Waals surface area contributed by atoms with Crippen LogP contribution in [0.4, 0.5) is 0 Å². The molecule has 0 amide bonds. The Balaban J connectivity index is 1.90. The number of piperidine rings is 1. The van der Waals surface area contributed by atoms with Crippen molar-refractivity contribution in [2.45, 2.75) is 50.0 Å². The molecule has 2 aliphatic carbocycles. The fourth-order valence-corrected chi connectivity index (χ4v) is 5.16. The molecule has 1 aromatic rings. The summed E-state index contributed by atoms with van der Waals surface area (Å²) in [5.41, 5.74) is 3.91. The number of hydrogen-bond acceptors (Lipinski definition) is 1. The molecule has 1 saturated heterocycles. The van der Waals surface area contributed by atoms with Gasteiger partial charge in [0.25, 0.3) is 0 Å². The highest BCUT2D eigenvalue weighted by molar-refractivity contribution is 5.41. The lowest BCUT2D eigenvalue weighted by Gasteiger charge is -2.58. The van der Waals surface area contributed by atoms with Crippen LogP contribution in [0, 0.1) is 5.92 Å². The van der Waals surface area contributed by atoms with Gasteiger partial charge in [-0.3, -0.25) is 0 Å². The summed E-state index contributed by atoms with van der Waals surface area (Å²) in [6.07, 6.45) is 8.49. The van der Waals surface area contributed by atoms with Crippen molar-refractivity contribution in [2.24, 2.45) is 5.92 Å². The van der Waals surface area contributed by atoms with Crippen LogP contribution < -0.4 is 0 Å². The van der Waals surface area contributed by atoms with Gasteiger partial charge in [0.2, 0.25) is 0 Å². The summed E-state index contributed by atoms with van der Waals surface area (Å²) in [6.45, 7) is 1.30. The minimum absolute atomic E-state index is 0.546. The van der Waals surface area contributed by atoms with Gasteiger partial charge in [0.15, 0.2) is 0 Å². The standard InChI is InChI=1S/C17H23N/c1-18-11-10-17-9-5-4-8-15(17)16(18)12-13-6-2-3-7-14(13)17/h2-3,6-7,15-16H,4-5,8-12H2,1H3/t15?,16-,17-/m1/s1. The molecular weight excluding hydrogens is 218 g/mol. The van der Waals surface area contributed by atoms with E-state index in [1.54, 1.807) is 11.1 Å². The molecular formula is C17H23N. The third-order valence-corrected chi connectivity index (χ3v) is 6.02. The first-order valence-corrected chi connectivity index (χ1v) is 7.60. The quantitative estimate of drug-likeness (QED) is 0.673. The maximum atomic E-state index is 2.64. The van der Waals surface area contributed by atoms with Crippen molar-refractivity contribution in [3.05, 3.63) is 35.4 Å². The second kappa shape index (κ2) is 3.84. The highest BCUT2D eigenvalue weighted by atomic mass is 15.1. The Hall–Kier alpha value is -0.820. The highest BCUT2D eigenvalue weighted by Gasteiger charge is 2.52. The molecule has 0 N–H and O–H groups in total. The Kier molecular flexibility index (Phi) is 2.35. The van der Waals surface area contributed by atoms with E-state index >= 15 is 0 Å². The predicted molar refractivity (Wildman–Crippen MR) is 74.8 cm³/mol. The molecule has 1 unspecified atom stereocenters. The van der Waals surface area contributed by atoms with Crippen LogP contribution in [-0.4, -0.2) is 24.5 Å². The van der Waals surface area contributed by atoms with E-state index in [-0.39, 0.29) is 0 Å². The van der Waals surface area contributed by atoms with Crippen molar-refractivity contribution in [2.75, 3.05) is 13.6 Å². The monoisotopic (exact) mass is 241 g/mol. The van der Waals surface area contributed by atoms with E-state index in [1.807, 2.05) is 0 Å². The Labute approximate surface area is 110 Å². The normalized spacial score (nSPS) is 38.9. The third-order valence-electron chi connectivity index (χ3n) is 6.02. The van der Waals surface area contributed by atoms with Gasteiger partial charge in [-0.05, 0) is 56.3 Å². The van der Waals surface area contributed by atoms with Crippen LogP contribution in [0.3, 0.4) is 0 Å². The average Bonchev–Trinajstić information content (AvgIpc) is 2.43. The molecule has 96 valence electrons. The van der Waals surface area contributed by atoms with Crippen LogP contribution in [0.1, 0.15) is 43.2 Å². The molecule has 1 heterocycles. The fraction of sp³-hybridized carbons (Fsp3) is 0.647. The Morgan fingerprint density at radius 2 is 2.06 bits per heavy atom. The molecule has 3 aliphatic rings. The Morgan fingerprint density at radius 1 is 1.17 bits per heavy atom. The molecule has 1 aliphatic heterocycles. The number of likely N-dealkylation sites (N-methyl/N-ethyl adjacent to an activating group) is 1. The van der Waals surface area contributed by atoms with Crippen molar-refractivity contribution in [3.8, 4) is 0 Å². The lowest BCUT2D eigenvalue weighted by molar-refractivity contribution is 0.00286. The molecule has 1 saturated carbocycles. The van der Waals surface area contributed by atoms with E-state index in [1.165, 1.54) is 45.1 Å². The predicted octanol–water partition coefficient (Wildman–Crippen LogP) is 3.37. The number of nitrogens with zero attached hydrogens (tertiary/aromatic N) is 1. The van der Waals surface area contributed by atoms with Gasteiger partial charge in [-0.2, -0.15) is 0 Å². The molecule has 4 rings (SSSR count). The Bertz CT molecular complexity index is 466. The van der Waals surface area contributed by atoms with Gasteiger partial charge >= 0.3 is 0 Å². The van der Waals surface area contributed by atoms with Crippen molar-refractivity contribution < 1.29 is 0 Å². The van der Waals surface area contributed by atoms with Gasteiger partial charge < -0.3 is 4.90 Å². The van der Waals surface area contributed by atoms with Crippen molar-refractivity contribution in [1.82, 2.24) is 4.90 Å². The number of rotatable bonds is 0. The first kappa shape index (κ1) is 11.0. The van der Waals surface area contributed by atoms with Crippen LogP contribution >= 0.6 is 0 Å². The molecule has 0 aromatic heterocycles. The van der Waals surface area contributed by atoms with Gasteiger partial charge in [-0.1, -0.05) is 37.1 Å². The van der Waals surface area contributed by atoms with E-state index in [9.17, 15) is 0 Å². The first-order chi connectivity index (χ1) is 8.81. The van der Waals surface area contributed by atoms with Crippen LogP contribution in [0.2, 0.25) is 0 Å². The SMILES string of the molecule is CN1CC[C@@]23CCCCC2[C@H]1Cc1ccccc13. The molecule has 3 atom stereocenters. The van der Waals surface area contributed by atoms with Crippen molar-refractivity contribution in [1.29, 1.82) is 0 Å². The zero-order valence-corrected chi connectivity index (χ0v) is 11.4. The van der Waals surface area contributed by atoms with E-state index in [0.29, 0.717) is 5.41 Å². The molecule has 2 bridgehead atoms. The van der Waals surface area contributed by atoms with Crippen molar-refractivity contribution >= 4 is 0 Å². The molecule has 0 spiro atoms. The Morgan fingerprint density at radius 3 is 3.00 bits per heavy atom. The van der Waals surface area contributed by atoms with Crippen LogP contribution in [0.25, 0.3) is 0 Å². The van der Waals surface area contributed by atoms with E-state index < -0.39 is 0 Å². The summed E-state index contributed by atoms with van der Waals surface area (Å²) < 4.78 is 0. The van der Waals surface area contributed by atoms with Crippen LogP contribution in [0.15, 0.2) is 24.3 Å². The first-order valence-electron chi connectivity index (χ1n) is 7.60. The average molecular weight is 241 g/mol. The van der Waals surface area contributed by atoms with Crippen LogP contribution in [-0.2, 0) is 11.8 Å². The molecule has 18 heavy (non-hydrogen) atoms. The summed E-state index contributed by atoms with van der Waals surface area (Å²) >= 11 is 0. The second-order valence-corrected chi connectivity index (χ2v) is 6.67. The molecule has 0 radical (unpaired) electrons. The van der Waals surface area contributed by atoms with Gasteiger partial charge in [-0.25, -0.2) is 0 Å². The molecule has 2 fully saturated rings. The minimum atomic E-state index is 0.546. The number of likely N-dealkylation sites (tertiary alicyclic amines) is 1. The minimum Gasteiger partial charge on any atom is -0.303 e. The van der Waals surface area contributed by atoms with Crippen molar-refractivity contribution in [3.63, 3.8) is 0 Å². The van der Waals surface area contributed by atoms with E-state index in [4.69, 9.17) is 0 Å². The second-order valence-electron chi connectivity index (χ2n) is 6.67. The summed E-state index contributed by atoms with van der Waals surface area (Å²) in [6, 6.07) is 10.1. The maximum absolute atomic E-state index is 2.64. The van der Waals surface area contributed by atoms with Gasteiger partial charge in [0.1, 0.15) is 0 Å². The number of fused-ring (bicyclic) bond motifs is 1. The van der Waals surface area contributed by atoms with Crippen LogP contribution in [0.5, 0.6) is 0 Å². The zero-order valence-electron chi connectivity index (χ0n) is 11.4. The van der Waals surface area contributed by atoms with Gasteiger partial charge in [-0.15, -0.1) is 0 Å². The lowest BCUT2D eigenvalue weighted by atomic mass is 9.52. The zero-order chi connectivity index (χ0) is 12.2. The number of benzene rings is 1. The summed E-state index contributed by atoms with van der Waals surface area (Å²) in [5.74, 6) is 0.930. The molecule has 1 heteroatoms. The third kappa shape index (κ3) is 1.31. The topological polar surface area (TPSA) is 3.24 Å². The maximum Gasteiger partial charge on any atom is 0.0169 e. The van der Waals surface area contributed by atoms with Gasteiger partial charge in [0.05, 0.1) is 0 Å². The van der Waals surface area contributed by atoms with E-state index in [0.717, 1.165) is 12.0 Å². The largest absolute Gasteiger partial charge is 0.303 e. The summed E-state index contributed by atoms with van der Waals surface area (Å²) in [7, 11) is 2.34. The molecule has 1 nitrogen and oxygen atoms in total. The van der Waals surface area contributed by atoms with Gasteiger partial charge in [0, 0.05) is 11.5 Å². The summed E-state index contributed by atoms with van der Waals surface area (Å²) in [4.78, 5) is 2.64. The highest BCUT2D eigenvalue weighted by Crippen LogP contribution is 2.55.